The smallest absolute Gasteiger partial charge is 0.271 e. The van der Waals surface area contributed by atoms with E-state index in [1.165, 1.54) is 11.8 Å². The van der Waals surface area contributed by atoms with E-state index in [1.54, 1.807) is 19.1 Å². The number of amidine groups is 1. The monoisotopic (exact) mass is 494 g/mol. The minimum Gasteiger partial charge on any atom is -0.493 e. The summed E-state index contributed by atoms with van der Waals surface area (Å²) in [6.45, 7) is 0. The molecule has 5 nitrogen and oxygen atoms in total. The first-order chi connectivity index (χ1) is 15.1. The summed E-state index contributed by atoms with van der Waals surface area (Å²) in [5.41, 5.74) is 2.37. The van der Waals surface area contributed by atoms with Gasteiger partial charge < -0.3 is 9.47 Å². The second-order valence-corrected chi connectivity index (χ2v) is 8.42. The molecular weight excluding hydrogens is 476 g/mol. The molecule has 1 saturated heterocycles. The van der Waals surface area contributed by atoms with Gasteiger partial charge in [-0.2, -0.15) is 0 Å². The average Bonchev–Trinajstić information content (AvgIpc) is 3.09. The highest BCUT2D eigenvalue weighted by Gasteiger charge is 2.34. The number of hydrogen-bond donors (Lipinski definition) is 0. The van der Waals surface area contributed by atoms with Crippen molar-refractivity contribution in [1.29, 1.82) is 0 Å². The number of thioether (sulfide) groups is 1. The van der Waals surface area contributed by atoms with Gasteiger partial charge in [-0.25, -0.2) is 4.99 Å². The number of methoxy groups -OCH3 is 2. The molecule has 0 N–H and O–H groups in total. The molecule has 0 bridgehead atoms. The number of rotatable bonds is 5. The molecular formula is C24H19BrN2O3S. The van der Waals surface area contributed by atoms with Crippen LogP contribution in [-0.4, -0.2) is 25.3 Å². The van der Waals surface area contributed by atoms with Crippen LogP contribution in [0.5, 0.6) is 11.5 Å². The molecule has 1 aliphatic heterocycles. The maximum absolute atomic E-state index is 13.4. The molecule has 0 aliphatic carbocycles. The summed E-state index contributed by atoms with van der Waals surface area (Å²) < 4.78 is 11.6. The number of halogens is 1. The van der Waals surface area contributed by atoms with Crippen LogP contribution < -0.4 is 14.4 Å². The van der Waals surface area contributed by atoms with E-state index in [1.807, 2.05) is 78.9 Å². The number of para-hydroxylation sites is 2. The van der Waals surface area contributed by atoms with Crippen LogP contribution in [0.15, 0.2) is 87.2 Å². The average molecular weight is 495 g/mol. The number of aliphatic imine (C=N–C) groups is 1. The molecule has 0 spiro atoms. The van der Waals surface area contributed by atoms with Crippen LogP contribution in [0.2, 0.25) is 0 Å². The highest BCUT2D eigenvalue weighted by Crippen LogP contribution is 2.40. The minimum atomic E-state index is -0.128. The van der Waals surface area contributed by atoms with E-state index in [2.05, 4.69) is 15.9 Å². The maximum Gasteiger partial charge on any atom is 0.271 e. The lowest BCUT2D eigenvalue weighted by atomic mass is 10.2. The van der Waals surface area contributed by atoms with E-state index in [-0.39, 0.29) is 5.91 Å². The third kappa shape index (κ3) is 4.52. The van der Waals surface area contributed by atoms with Crippen molar-refractivity contribution >= 4 is 56.2 Å². The van der Waals surface area contributed by atoms with Gasteiger partial charge in [-0.15, -0.1) is 0 Å². The van der Waals surface area contributed by atoms with Crippen LogP contribution in [-0.2, 0) is 4.79 Å². The second-order valence-electron chi connectivity index (χ2n) is 6.55. The normalized spacial score (nSPS) is 16.2. The van der Waals surface area contributed by atoms with Crippen molar-refractivity contribution in [2.75, 3.05) is 19.1 Å². The fraction of sp³-hybridized carbons (Fsp3) is 0.0833. The van der Waals surface area contributed by atoms with E-state index >= 15 is 0 Å². The quantitative estimate of drug-likeness (QED) is 0.392. The fourth-order valence-corrected chi connectivity index (χ4v) is 4.76. The van der Waals surface area contributed by atoms with Crippen LogP contribution in [0.1, 0.15) is 5.56 Å². The van der Waals surface area contributed by atoms with Crippen LogP contribution in [0.25, 0.3) is 6.08 Å². The Labute approximate surface area is 193 Å². The summed E-state index contributed by atoms with van der Waals surface area (Å²) in [6.07, 6.45) is 1.84. The van der Waals surface area contributed by atoms with Crippen LogP contribution >= 0.6 is 27.7 Å². The Hall–Kier alpha value is -3.03. The van der Waals surface area contributed by atoms with Crippen molar-refractivity contribution in [3.05, 3.63) is 87.7 Å². The molecule has 31 heavy (non-hydrogen) atoms. The van der Waals surface area contributed by atoms with Gasteiger partial charge in [0.15, 0.2) is 16.7 Å². The molecule has 0 saturated carbocycles. The molecule has 0 aromatic heterocycles. The van der Waals surface area contributed by atoms with Gasteiger partial charge in [0.05, 0.1) is 35.0 Å². The molecule has 0 atom stereocenters. The van der Waals surface area contributed by atoms with Gasteiger partial charge in [0.2, 0.25) is 0 Å². The number of anilines is 1. The van der Waals surface area contributed by atoms with Crippen molar-refractivity contribution < 1.29 is 14.3 Å². The Morgan fingerprint density at radius 3 is 2.29 bits per heavy atom. The molecule has 156 valence electrons. The summed E-state index contributed by atoms with van der Waals surface area (Å²) in [5.74, 6) is 1.06. The SMILES string of the molecule is COc1cc(C=C2SC(=Nc3ccccc3)N(c3ccccc3)C2=O)cc(Br)c1OC. The third-order valence-corrected chi connectivity index (χ3v) is 6.11. The van der Waals surface area contributed by atoms with Crippen molar-refractivity contribution in [2.24, 2.45) is 4.99 Å². The van der Waals surface area contributed by atoms with Crippen molar-refractivity contribution in [1.82, 2.24) is 0 Å². The van der Waals surface area contributed by atoms with Gasteiger partial charge in [0.25, 0.3) is 5.91 Å². The number of amides is 1. The number of ether oxygens (including phenoxy) is 2. The molecule has 1 aliphatic rings. The Morgan fingerprint density at radius 2 is 1.65 bits per heavy atom. The lowest BCUT2D eigenvalue weighted by Gasteiger charge is -2.15. The standard InChI is InChI=1S/C24H19BrN2O3S/c1-29-20-14-16(13-19(25)22(20)30-2)15-21-23(28)27(18-11-7-4-8-12-18)24(31-21)26-17-9-5-3-6-10-17/h3-15H,1-2H3. The molecule has 4 rings (SSSR count). The minimum absolute atomic E-state index is 0.128. The Kier molecular flexibility index (Phi) is 6.44. The summed E-state index contributed by atoms with van der Waals surface area (Å²) in [7, 11) is 3.17. The first-order valence-corrected chi connectivity index (χ1v) is 11.1. The van der Waals surface area contributed by atoms with Crippen LogP contribution in [0.4, 0.5) is 11.4 Å². The summed E-state index contributed by atoms with van der Waals surface area (Å²) in [5, 5.41) is 0.605. The first kappa shape index (κ1) is 21.2. The van der Waals surface area contributed by atoms with Crippen LogP contribution in [0, 0.1) is 0 Å². The highest BCUT2D eigenvalue weighted by molar-refractivity contribution is 9.10. The number of hydrogen-bond acceptors (Lipinski definition) is 5. The number of carbonyl (C=O) groups is 1. The zero-order valence-electron chi connectivity index (χ0n) is 16.9. The molecule has 0 unspecified atom stereocenters. The first-order valence-electron chi connectivity index (χ1n) is 9.45. The lowest BCUT2D eigenvalue weighted by molar-refractivity contribution is -0.113. The Bertz CT molecular complexity index is 1160. The molecule has 3 aromatic rings. The summed E-state index contributed by atoms with van der Waals surface area (Å²) in [6, 6.07) is 22.9. The molecule has 3 aromatic carbocycles. The van der Waals surface area contributed by atoms with Crippen molar-refractivity contribution in [3.8, 4) is 11.5 Å². The van der Waals surface area contributed by atoms with Gasteiger partial charge >= 0.3 is 0 Å². The zero-order valence-corrected chi connectivity index (χ0v) is 19.3. The van der Waals surface area contributed by atoms with Gasteiger partial charge in [0, 0.05) is 0 Å². The van der Waals surface area contributed by atoms with E-state index in [0.29, 0.717) is 21.6 Å². The Morgan fingerprint density at radius 1 is 0.968 bits per heavy atom. The molecule has 1 fully saturated rings. The van der Waals surface area contributed by atoms with Crippen molar-refractivity contribution in [3.63, 3.8) is 0 Å². The summed E-state index contributed by atoms with van der Waals surface area (Å²) >= 11 is 4.85. The molecule has 0 radical (unpaired) electrons. The number of nitrogens with zero attached hydrogens (tertiary/aromatic N) is 2. The number of benzene rings is 3. The largest absolute Gasteiger partial charge is 0.493 e. The van der Waals surface area contributed by atoms with Gasteiger partial charge in [-0.1, -0.05) is 36.4 Å². The topological polar surface area (TPSA) is 51.1 Å². The van der Waals surface area contributed by atoms with E-state index < -0.39 is 0 Å². The van der Waals surface area contributed by atoms with Crippen LogP contribution in [0.3, 0.4) is 0 Å². The van der Waals surface area contributed by atoms with E-state index in [9.17, 15) is 4.79 Å². The van der Waals surface area contributed by atoms with E-state index in [0.717, 1.165) is 21.4 Å². The fourth-order valence-electron chi connectivity index (χ4n) is 3.14. The number of carbonyl (C=O) groups excluding carboxylic acids is 1. The molecule has 7 heteroatoms. The predicted molar refractivity (Wildman–Crippen MR) is 130 cm³/mol. The summed E-state index contributed by atoms with van der Waals surface area (Å²) in [4.78, 5) is 20.3. The van der Waals surface area contributed by atoms with Gasteiger partial charge in [-0.3, -0.25) is 9.69 Å². The zero-order chi connectivity index (χ0) is 21.8. The highest BCUT2D eigenvalue weighted by atomic mass is 79.9. The maximum atomic E-state index is 13.4. The predicted octanol–water partition coefficient (Wildman–Crippen LogP) is 6.27. The third-order valence-electron chi connectivity index (χ3n) is 4.56. The second kappa shape index (κ2) is 9.41. The Balaban J connectivity index is 1.77. The van der Waals surface area contributed by atoms with E-state index in [4.69, 9.17) is 14.5 Å². The lowest BCUT2D eigenvalue weighted by Crippen LogP contribution is -2.28. The molecule has 1 amide bonds. The van der Waals surface area contributed by atoms with Crippen molar-refractivity contribution in [2.45, 2.75) is 0 Å². The molecule has 1 heterocycles. The van der Waals surface area contributed by atoms with Gasteiger partial charge in [-0.05, 0) is 75.7 Å². The van der Waals surface area contributed by atoms with Gasteiger partial charge in [0.1, 0.15) is 0 Å².